The molecule has 0 atom stereocenters. The summed E-state index contributed by atoms with van der Waals surface area (Å²) in [6.07, 6.45) is 0. The Balaban J connectivity index is 2.65. The Labute approximate surface area is 86.8 Å². The van der Waals surface area contributed by atoms with E-state index in [9.17, 15) is 0 Å². The van der Waals surface area contributed by atoms with Gasteiger partial charge in [0.25, 0.3) is 0 Å². The number of nitrogens with one attached hydrogen (secondary N) is 1. The van der Waals surface area contributed by atoms with Crippen molar-refractivity contribution in [3.8, 4) is 5.75 Å². The lowest BCUT2D eigenvalue weighted by Gasteiger charge is -2.09. The van der Waals surface area contributed by atoms with Gasteiger partial charge in [0.1, 0.15) is 5.75 Å². The van der Waals surface area contributed by atoms with E-state index in [-0.39, 0.29) is 0 Å². The maximum absolute atomic E-state index is 6.02. The lowest BCUT2D eigenvalue weighted by Crippen LogP contribution is -2.00. The van der Waals surface area contributed by atoms with Crippen LogP contribution in [-0.2, 0) is 13.1 Å². The fourth-order valence-electron chi connectivity index (χ4n) is 1.60. The molecule has 2 rings (SSSR count). The lowest BCUT2D eigenvalue weighted by atomic mass is 10.1. The minimum atomic E-state index is 0.579. The van der Waals surface area contributed by atoms with Gasteiger partial charge in [-0.25, -0.2) is 0 Å². The first kappa shape index (κ1) is 9.13. The predicted molar refractivity (Wildman–Crippen MR) is 53.6 cm³/mol. The summed E-state index contributed by atoms with van der Waals surface area (Å²) < 4.78 is 5.21. The monoisotopic (exact) mass is 217 g/mol. The van der Waals surface area contributed by atoms with E-state index in [1.807, 2.05) is 0 Å². The minimum absolute atomic E-state index is 0.579. The highest BCUT2D eigenvalue weighted by atomic mass is 35.5. The Hall–Kier alpha value is -0.440. The third-order valence-electron chi connectivity index (χ3n) is 2.20. The van der Waals surface area contributed by atoms with Gasteiger partial charge in [-0.05, 0) is 11.6 Å². The van der Waals surface area contributed by atoms with Crippen LogP contribution < -0.4 is 10.1 Å². The zero-order valence-electron chi connectivity index (χ0n) is 7.16. The molecule has 1 aromatic rings. The van der Waals surface area contributed by atoms with Crippen LogP contribution in [0.3, 0.4) is 0 Å². The zero-order valence-corrected chi connectivity index (χ0v) is 8.67. The van der Waals surface area contributed by atoms with Crippen molar-refractivity contribution < 1.29 is 4.74 Å². The predicted octanol–water partition coefficient (Wildman–Crippen LogP) is 2.61. The van der Waals surface area contributed by atoms with Crippen molar-refractivity contribution in [2.75, 3.05) is 7.11 Å². The van der Waals surface area contributed by atoms with E-state index < -0.39 is 0 Å². The molecule has 0 spiro atoms. The van der Waals surface area contributed by atoms with Crippen molar-refractivity contribution in [1.82, 2.24) is 5.32 Å². The number of hydrogen-bond donors (Lipinski definition) is 1. The average molecular weight is 218 g/mol. The Bertz CT molecular complexity index is 352. The van der Waals surface area contributed by atoms with Crippen LogP contribution in [0.1, 0.15) is 11.1 Å². The number of halogens is 2. The molecule has 0 aliphatic carbocycles. The molecule has 0 amide bonds. The van der Waals surface area contributed by atoms with Gasteiger partial charge in [0.15, 0.2) is 0 Å². The van der Waals surface area contributed by atoms with Crippen molar-refractivity contribution >= 4 is 23.2 Å². The molecule has 1 aliphatic rings. The minimum Gasteiger partial charge on any atom is -0.495 e. The second-order valence-corrected chi connectivity index (χ2v) is 3.75. The lowest BCUT2D eigenvalue weighted by molar-refractivity contribution is 0.410. The van der Waals surface area contributed by atoms with Crippen LogP contribution in [0.15, 0.2) is 6.07 Å². The Morgan fingerprint density at radius 1 is 1.23 bits per heavy atom. The van der Waals surface area contributed by atoms with E-state index in [0.29, 0.717) is 10.0 Å². The summed E-state index contributed by atoms with van der Waals surface area (Å²) in [5.41, 5.74) is 2.18. The van der Waals surface area contributed by atoms with Gasteiger partial charge in [0, 0.05) is 23.7 Å². The first-order valence-corrected chi connectivity index (χ1v) is 4.74. The van der Waals surface area contributed by atoms with Crippen LogP contribution in [0.5, 0.6) is 5.75 Å². The van der Waals surface area contributed by atoms with E-state index in [0.717, 1.165) is 30.0 Å². The van der Waals surface area contributed by atoms with Crippen molar-refractivity contribution in [2.24, 2.45) is 0 Å². The largest absolute Gasteiger partial charge is 0.495 e. The molecule has 4 heteroatoms. The van der Waals surface area contributed by atoms with Crippen molar-refractivity contribution in [3.63, 3.8) is 0 Å². The fourth-order valence-corrected chi connectivity index (χ4v) is 2.25. The first-order valence-electron chi connectivity index (χ1n) is 3.98. The molecule has 0 bridgehead atoms. The number of fused-ring (bicyclic) bond motifs is 1. The third-order valence-corrected chi connectivity index (χ3v) is 2.82. The molecule has 70 valence electrons. The number of methoxy groups -OCH3 is 1. The second kappa shape index (κ2) is 3.37. The van der Waals surface area contributed by atoms with Crippen LogP contribution in [0.4, 0.5) is 0 Å². The van der Waals surface area contributed by atoms with Gasteiger partial charge < -0.3 is 10.1 Å². The Morgan fingerprint density at radius 2 is 1.92 bits per heavy atom. The van der Waals surface area contributed by atoms with Gasteiger partial charge >= 0.3 is 0 Å². The Morgan fingerprint density at radius 3 is 2.62 bits per heavy atom. The normalized spacial score (nSPS) is 14.4. The van der Waals surface area contributed by atoms with E-state index in [1.54, 1.807) is 13.2 Å². The van der Waals surface area contributed by atoms with Crippen LogP contribution in [-0.4, -0.2) is 7.11 Å². The van der Waals surface area contributed by atoms with Crippen molar-refractivity contribution in [1.29, 1.82) is 0 Å². The number of rotatable bonds is 1. The summed E-state index contributed by atoms with van der Waals surface area (Å²) in [6.45, 7) is 1.57. The first-order chi connectivity index (χ1) is 6.24. The molecule has 0 unspecified atom stereocenters. The van der Waals surface area contributed by atoms with Gasteiger partial charge in [-0.15, -0.1) is 0 Å². The van der Waals surface area contributed by atoms with Gasteiger partial charge in [0.05, 0.1) is 12.1 Å². The SMILES string of the molecule is COc1c(Cl)cc(Cl)c2c1CNC2. The average Bonchev–Trinajstić information content (AvgIpc) is 2.53. The van der Waals surface area contributed by atoms with Gasteiger partial charge in [0.2, 0.25) is 0 Å². The second-order valence-electron chi connectivity index (χ2n) is 2.93. The quantitative estimate of drug-likeness (QED) is 0.782. The fraction of sp³-hybridized carbons (Fsp3) is 0.333. The third kappa shape index (κ3) is 1.39. The van der Waals surface area contributed by atoms with E-state index in [4.69, 9.17) is 27.9 Å². The molecule has 0 radical (unpaired) electrons. The maximum atomic E-state index is 6.02. The summed E-state index contributed by atoms with van der Waals surface area (Å²) in [5, 5.41) is 4.50. The van der Waals surface area contributed by atoms with E-state index >= 15 is 0 Å². The summed E-state index contributed by atoms with van der Waals surface area (Å²) >= 11 is 12.0. The molecule has 1 N–H and O–H groups in total. The van der Waals surface area contributed by atoms with Crippen molar-refractivity contribution in [2.45, 2.75) is 13.1 Å². The molecule has 1 heterocycles. The molecule has 0 aromatic heterocycles. The molecule has 0 saturated heterocycles. The molecule has 1 aromatic carbocycles. The van der Waals surface area contributed by atoms with Crippen LogP contribution in [0, 0.1) is 0 Å². The number of hydrogen-bond acceptors (Lipinski definition) is 2. The maximum Gasteiger partial charge on any atom is 0.142 e. The van der Waals surface area contributed by atoms with Crippen LogP contribution >= 0.6 is 23.2 Å². The summed E-state index contributed by atoms with van der Waals surface area (Å²) in [7, 11) is 1.62. The van der Waals surface area contributed by atoms with Gasteiger partial charge in [-0.2, -0.15) is 0 Å². The highest BCUT2D eigenvalue weighted by Crippen LogP contribution is 2.38. The standard InChI is InChI=1S/C9H9Cl2NO/c1-13-9-6-4-12-3-5(6)7(10)2-8(9)11/h2,12H,3-4H2,1H3. The van der Waals surface area contributed by atoms with Gasteiger partial charge in [-0.3, -0.25) is 0 Å². The van der Waals surface area contributed by atoms with Crippen LogP contribution in [0.2, 0.25) is 10.0 Å². The van der Waals surface area contributed by atoms with E-state index in [1.165, 1.54) is 0 Å². The molecule has 0 saturated carbocycles. The highest BCUT2D eigenvalue weighted by Gasteiger charge is 2.20. The van der Waals surface area contributed by atoms with Crippen LogP contribution in [0.25, 0.3) is 0 Å². The topological polar surface area (TPSA) is 21.3 Å². The number of benzene rings is 1. The zero-order chi connectivity index (χ0) is 9.42. The summed E-state index contributed by atoms with van der Waals surface area (Å²) in [6, 6.07) is 1.73. The molecule has 2 nitrogen and oxygen atoms in total. The van der Waals surface area contributed by atoms with E-state index in [2.05, 4.69) is 5.32 Å². The van der Waals surface area contributed by atoms with Gasteiger partial charge in [-0.1, -0.05) is 23.2 Å². The molecular weight excluding hydrogens is 209 g/mol. The Kier molecular flexibility index (Phi) is 2.37. The molecule has 13 heavy (non-hydrogen) atoms. The van der Waals surface area contributed by atoms with Crippen molar-refractivity contribution in [3.05, 3.63) is 27.2 Å². The smallest absolute Gasteiger partial charge is 0.142 e. The highest BCUT2D eigenvalue weighted by molar-refractivity contribution is 6.36. The summed E-state index contributed by atoms with van der Waals surface area (Å²) in [4.78, 5) is 0. The molecule has 0 fully saturated rings. The molecule has 1 aliphatic heterocycles. The summed E-state index contributed by atoms with van der Waals surface area (Å²) in [5.74, 6) is 0.742. The molecular formula is C9H9Cl2NO. The number of ether oxygens (including phenoxy) is 1.